The molecule has 2 aromatic carbocycles. The van der Waals surface area contributed by atoms with Crippen LogP contribution >= 0.6 is 0 Å². The summed E-state index contributed by atoms with van der Waals surface area (Å²) < 4.78 is 15.5. The molecule has 1 N–H and O–H groups in total. The van der Waals surface area contributed by atoms with Gasteiger partial charge in [-0.3, -0.25) is 4.79 Å². The molecule has 0 bridgehead atoms. The number of hydrogen-bond acceptors (Lipinski definition) is 2. The molecule has 5 rings (SSSR count). The van der Waals surface area contributed by atoms with E-state index in [1.807, 2.05) is 47.0 Å². The van der Waals surface area contributed by atoms with Crippen LogP contribution in [0.5, 0.6) is 0 Å². The Balaban J connectivity index is 1.54. The molecule has 5 nitrogen and oxygen atoms in total. The second kappa shape index (κ2) is 5.94. The fraction of sp³-hybridized carbons (Fsp3) is 0.238. The molecule has 0 unspecified atom stereocenters. The Bertz CT molecular complexity index is 1180. The molecular formula is C21H19FN4O. The molecule has 1 atom stereocenters. The highest BCUT2D eigenvalue weighted by Gasteiger charge is 2.33. The first-order valence-corrected chi connectivity index (χ1v) is 9.12. The smallest absolute Gasteiger partial charge is 0.256 e. The summed E-state index contributed by atoms with van der Waals surface area (Å²) in [5.74, 6) is 0.440. The SMILES string of the molecule is Cn1cc(C(=O)N2CCC[C@@H]2c2nc3ccc(F)cc3[nH]2)c2ccccc21. The number of H-pyrrole nitrogens is 1. The van der Waals surface area contributed by atoms with Gasteiger partial charge in [-0.05, 0) is 37.1 Å². The molecule has 27 heavy (non-hydrogen) atoms. The van der Waals surface area contributed by atoms with Gasteiger partial charge in [0.05, 0.1) is 22.6 Å². The molecule has 0 radical (unpaired) electrons. The van der Waals surface area contributed by atoms with Crippen molar-refractivity contribution in [2.24, 2.45) is 7.05 Å². The average Bonchev–Trinajstić information content (AvgIpc) is 3.38. The number of benzene rings is 2. The number of amides is 1. The lowest BCUT2D eigenvalue weighted by molar-refractivity contribution is 0.0732. The van der Waals surface area contributed by atoms with E-state index in [0.717, 1.165) is 35.1 Å². The Labute approximate surface area is 155 Å². The first-order chi connectivity index (χ1) is 13.1. The maximum absolute atomic E-state index is 13.5. The van der Waals surface area contributed by atoms with E-state index in [0.29, 0.717) is 17.6 Å². The minimum atomic E-state index is -0.298. The highest BCUT2D eigenvalue weighted by atomic mass is 19.1. The number of halogens is 1. The van der Waals surface area contributed by atoms with E-state index in [1.165, 1.54) is 12.1 Å². The van der Waals surface area contributed by atoms with Crippen molar-refractivity contribution >= 4 is 27.8 Å². The third-order valence-corrected chi connectivity index (χ3v) is 5.42. The summed E-state index contributed by atoms with van der Waals surface area (Å²) in [6.07, 6.45) is 3.67. The second-order valence-electron chi connectivity index (χ2n) is 7.11. The van der Waals surface area contributed by atoms with Crippen molar-refractivity contribution in [2.75, 3.05) is 6.54 Å². The van der Waals surface area contributed by atoms with Crippen LogP contribution in [-0.4, -0.2) is 31.9 Å². The zero-order valence-electron chi connectivity index (χ0n) is 14.9. The average molecular weight is 362 g/mol. The van der Waals surface area contributed by atoms with Crippen LogP contribution in [0.2, 0.25) is 0 Å². The number of carbonyl (C=O) groups is 1. The zero-order valence-corrected chi connectivity index (χ0v) is 14.9. The summed E-state index contributed by atoms with van der Waals surface area (Å²) in [6.45, 7) is 0.693. The fourth-order valence-corrected chi connectivity index (χ4v) is 4.12. The van der Waals surface area contributed by atoms with Gasteiger partial charge < -0.3 is 14.5 Å². The number of nitrogens with zero attached hydrogens (tertiary/aromatic N) is 3. The number of aryl methyl sites for hydroxylation is 1. The topological polar surface area (TPSA) is 53.9 Å². The number of likely N-dealkylation sites (tertiary alicyclic amines) is 1. The summed E-state index contributed by atoms with van der Waals surface area (Å²) in [5, 5.41) is 0.960. The molecule has 6 heteroatoms. The van der Waals surface area contributed by atoms with Crippen molar-refractivity contribution in [1.82, 2.24) is 19.4 Å². The molecular weight excluding hydrogens is 343 g/mol. The Hall–Kier alpha value is -3.15. The molecule has 2 aromatic heterocycles. The molecule has 1 fully saturated rings. The largest absolute Gasteiger partial charge is 0.350 e. The van der Waals surface area contributed by atoms with Crippen molar-refractivity contribution in [2.45, 2.75) is 18.9 Å². The summed E-state index contributed by atoms with van der Waals surface area (Å²) in [7, 11) is 1.95. The number of fused-ring (bicyclic) bond motifs is 2. The van der Waals surface area contributed by atoms with E-state index in [1.54, 1.807) is 6.07 Å². The minimum absolute atomic E-state index is 0.0148. The molecule has 4 aromatic rings. The monoisotopic (exact) mass is 362 g/mol. The van der Waals surface area contributed by atoms with Crippen LogP contribution in [0.4, 0.5) is 4.39 Å². The van der Waals surface area contributed by atoms with Crippen LogP contribution in [0, 0.1) is 5.82 Å². The van der Waals surface area contributed by atoms with Crippen LogP contribution in [-0.2, 0) is 7.05 Å². The number of rotatable bonds is 2. The van der Waals surface area contributed by atoms with E-state index < -0.39 is 0 Å². The number of imidazole rings is 1. The lowest BCUT2D eigenvalue weighted by Gasteiger charge is -2.23. The number of nitrogens with one attached hydrogen (secondary N) is 1. The van der Waals surface area contributed by atoms with Crippen LogP contribution in [0.1, 0.15) is 35.1 Å². The van der Waals surface area contributed by atoms with Gasteiger partial charge >= 0.3 is 0 Å². The van der Waals surface area contributed by atoms with Crippen LogP contribution < -0.4 is 0 Å². The predicted molar refractivity (Wildman–Crippen MR) is 102 cm³/mol. The van der Waals surface area contributed by atoms with Gasteiger partial charge in [0.25, 0.3) is 5.91 Å². The van der Waals surface area contributed by atoms with Gasteiger partial charge in [0, 0.05) is 30.7 Å². The van der Waals surface area contributed by atoms with E-state index in [9.17, 15) is 9.18 Å². The molecule has 1 saturated heterocycles. The predicted octanol–water partition coefficient (Wildman–Crippen LogP) is 4.17. The number of hydrogen-bond donors (Lipinski definition) is 1. The molecule has 3 heterocycles. The maximum Gasteiger partial charge on any atom is 0.256 e. The molecule has 0 aliphatic carbocycles. The fourth-order valence-electron chi connectivity index (χ4n) is 4.12. The molecule has 1 amide bonds. The van der Waals surface area contributed by atoms with E-state index in [-0.39, 0.29) is 17.8 Å². The number of aromatic nitrogens is 3. The van der Waals surface area contributed by atoms with E-state index in [4.69, 9.17) is 0 Å². The zero-order chi connectivity index (χ0) is 18.5. The van der Waals surface area contributed by atoms with Crippen LogP contribution in [0.15, 0.2) is 48.7 Å². The normalized spacial score (nSPS) is 17.3. The van der Waals surface area contributed by atoms with Gasteiger partial charge in [-0.15, -0.1) is 0 Å². The Morgan fingerprint density at radius 3 is 3.00 bits per heavy atom. The van der Waals surface area contributed by atoms with Crippen molar-refractivity contribution in [3.8, 4) is 0 Å². The summed E-state index contributed by atoms with van der Waals surface area (Å²) in [5.41, 5.74) is 3.13. The maximum atomic E-state index is 13.5. The lowest BCUT2D eigenvalue weighted by Crippen LogP contribution is -2.31. The van der Waals surface area contributed by atoms with Crippen LogP contribution in [0.25, 0.3) is 21.9 Å². The van der Waals surface area contributed by atoms with Gasteiger partial charge in [-0.2, -0.15) is 0 Å². The third-order valence-electron chi connectivity index (χ3n) is 5.42. The van der Waals surface area contributed by atoms with Gasteiger partial charge in [0.15, 0.2) is 0 Å². The first-order valence-electron chi connectivity index (χ1n) is 9.12. The Kier molecular flexibility index (Phi) is 3.53. The summed E-state index contributed by atoms with van der Waals surface area (Å²) in [4.78, 5) is 23.0. The summed E-state index contributed by atoms with van der Waals surface area (Å²) in [6, 6.07) is 12.3. The molecule has 1 aliphatic rings. The minimum Gasteiger partial charge on any atom is -0.350 e. The standard InChI is InChI=1S/C21H19FN4O/c1-25-12-15(14-5-2-3-6-18(14)25)21(27)26-10-4-7-19(26)20-23-16-9-8-13(22)11-17(16)24-20/h2-3,5-6,8-9,11-12,19H,4,7,10H2,1H3,(H,23,24)/t19-/m1/s1. The number of para-hydroxylation sites is 1. The quantitative estimate of drug-likeness (QED) is 0.582. The van der Waals surface area contributed by atoms with Gasteiger partial charge in [-0.1, -0.05) is 18.2 Å². The third kappa shape index (κ3) is 2.51. The van der Waals surface area contributed by atoms with Crippen molar-refractivity contribution in [1.29, 1.82) is 0 Å². The van der Waals surface area contributed by atoms with Crippen LogP contribution in [0.3, 0.4) is 0 Å². The van der Waals surface area contributed by atoms with Crippen molar-refractivity contribution in [3.63, 3.8) is 0 Å². The number of carbonyl (C=O) groups excluding carboxylic acids is 1. The van der Waals surface area contributed by atoms with E-state index in [2.05, 4.69) is 9.97 Å². The lowest BCUT2D eigenvalue weighted by atomic mass is 10.1. The molecule has 0 spiro atoms. The van der Waals surface area contributed by atoms with Gasteiger partial charge in [0.2, 0.25) is 0 Å². The second-order valence-corrected chi connectivity index (χ2v) is 7.11. The summed E-state index contributed by atoms with van der Waals surface area (Å²) >= 11 is 0. The molecule has 1 aliphatic heterocycles. The number of aromatic amines is 1. The van der Waals surface area contributed by atoms with Gasteiger partial charge in [-0.25, -0.2) is 9.37 Å². The Morgan fingerprint density at radius 1 is 1.26 bits per heavy atom. The molecule has 136 valence electrons. The van der Waals surface area contributed by atoms with Crippen molar-refractivity contribution in [3.05, 3.63) is 65.9 Å². The van der Waals surface area contributed by atoms with Gasteiger partial charge in [0.1, 0.15) is 11.6 Å². The van der Waals surface area contributed by atoms with Crippen molar-refractivity contribution < 1.29 is 9.18 Å². The Morgan fingerprint density at radius 2 is 2.11 bits per heavy atom. The van der Waals surface area contributed by atoms with E-state index >= 15 is 0 Å². The molecule has 0 saturated carbocycles. The highest BCUT2D eigenvalue weighted by Crippen LogP contribution is 2.34. The first kappa shape index (κ1) is 16.1. The highest BCUT2D eigenvalue weighted by molar-refractivity contribution is 6.07.